The molecule has 1 aliphatic rings. The molecular formula is C17H32O5. The van der Waals surface area contributed by atoms with E-state index in [1.165, 1.54) is 32.1 Å². The maximum absolute atomic E-state index is 9.95. The number of aliphatic hydroxyl groups excluding tert-OH is 3. The van der Waals surface area contributed by atoms with E-state index in [1.807, 2.05) is 0 Å². The molecule has 0 spiro atoms. The summed E-state index contributed by atoms with van der Waals surface area (Å²) in [6.07, 6.45) is 9.58. The molecule has 1 aliphatic heterocycles. The molecule has 0 aromatic carbocycles. The number of ether oxygens (including phenoxy) is 2. The highest BCUT2D eigenvalue weighted by Gasteiger charge is 2.40. The minimum Gasteiger partial charge on any atom is -0.394 e. The molecule has 0 bridgehead atoms. The summed E-state index contributed by atoms with van der Waals surface area (Å²) >= 11 is 0. The molecule has 5 heteroatoms. The van der Waals surface area contributed by atoms with Gasteiger partial charge in [0.2, 0.25) is 0 Å². The van der Waals surface area contributed by atoms with Crippen LogP contribution in [0.1, 0.15) is 51.9 Å². The molecule has 0 aliphatic carbocycles. The van der Waals surface area contributed by atoms with Gasteiger partial charge in [0.05, 0.1) is 19.8 Å². The maximum atomic E-state index is 9.95. The summed E-state index contributed by atoms with van der Waals surface area (Å²) in [4.78, 5) is 0. The molecule has 1 rings (SSSR count). The fourth-order valence-corrected chi connectivity index (χ4v) is 2.59. The predicted molar refractivity (Wildman–Crippen MR) is 85.7 cm³/mol. The first-order chi connectivity index (χ1) is 10.7. The molecule has 1 saturated heterocycles. The summed E-state index contributed by atoms with van der Waals surface area (Å²) in [5.74, 6) is 0. The second kappa shape index (κ2) is 12.0. The van der Waals surface area contributed by atoms with Crippen molar-refractivity contribution < 1.29 is 24.8 Å². The highest BCUT2D eigenvalue weighted by molar-refractivity contribution is 4.89. The molecule has 3 N–H and O–H groups in total. The Bertz CT molecular complexity index is 295. The number of unbranched alkanes of at least 4 members (excludes halogenated alkanes) is 5. The normalized spacial score (nSPS) is 26.8. The third-order valence-electron chi connectivity index (χ3n) is 3.99. The van der Waals surface area contributed by atoms with Crippen molar-refractivity contribution >= 4 is 0 Å². The Morgan fingerprint density at radius 2 is 1.91 bits per heavy atom. The van der Waals surface area contributed by atoms with E-state index in [1.54, 1.807) is 0 Å². The molecule has 0 amide bonds. The Kier molecular flexibility index (Phi) is 10.7. The number of rotatable bonds is 12. The third kappa shape index (κ3) is 7.20. The van der Waals surface area contributed by atoms with Crippen LogP contribution < -0.4 is 0 Å². The maximum Gasteiger partial charge on any atom is 0.114 e. The van der Waals surface area contributed by atoms with Crippen molar-refractivity contribution in [2.75, 3.05) is 19.8 Å². The van der Waals surface area contributed by atoms with E-state index in [4.69, 9.17) is 14.6 Å². The number of hydrogen-bond donors (Lipinski definition) is 3. The van der Waals surface area contributed by atoms with E-state index < -0.39 is 31.0 Å². The van der Waals surface area contributed by atoms with E-state index in [0.29, 0.717) is 6.61 Å². The Labute approximate surface area is 133 Å². The van der Waals surface area contributed by atoms with Gasteiger partial charge in [0.15, 0.2) is 0 Å². The van der Waals surface area contributed by atoms with Crippen molar-refractivity contribution in [3.05, 3.63) is 12.2 Å². The molecule has 1 fully saturated rings. The lowest BCUT2D eigenvalue weighted by Crippen LogP contribution is -2.41. The summed E-state index contributed by atoms with van der Waals surface area (Å²) in [6, 6.07) is 0. The van der Waals surface area contributed by atoms with E-state index in [-0.39, 0.29) is 6.61 Å². The van der Waals surface area contributed by atoms with Crippen molar-refractivity contribution in [1.29, 1.82) is 0 Å². The van der Waals surface area contributed by atoms with Crippen LogP contribution in [0.4, 0.5) is 0 Å². The van der Waals surface area contributed by atoms with Crippen molar-refractivity contribution in [2.24, 2.45) is 0 Å². The van der Waals surface area contributed by atoms with E-state index in [9.17, 15) is 10.2 Å². The fourth-order valence-electron chi connectivity index (χ4n) is 2.59. The van der Waals surface area contributed by atoms with Crippen LogP contribution in [0.25, 0.3) is 0 Å². The minimum atomic E-state index is -1.06. The summed E-state index contributed by atoms with van der Waals surface area (Å²) in [5, 5.41) is 28.3. The smallest absolute Gasteiger partial charge is 0.114 e. The molecule has 0 radical (unpaired) electrons. The first kappa shape index (κ1) is 19.6. The zero-order valence-corrected chi connectivity index (χ0v) is 13.7. The summed E-state index contributed by atoms with van der Waals surface area (Å²) in [7, 11) is 0. The molecule has 130 valence electrons. The largest absolute Gasteiger partial charge is 0.394 e. The molecule has 1 heterocycles. The minimum absolute atomic E-state index is 0.254. The van der Waals surface area contributed by atoms with Crippen LogP contribution in [-0.4, -0.2) is 59.6 Å². The van der Waals surface area contributed by atoms with E-state index >= 15 is 0 Å². The first-order valence-corrected chi connectivity index (χ1v) is 8.55. The van der Waals surface area contributed by atoms with E-state index in [2.05, 4.69) is 19.1 Å². The van der Waals surface area contributed by atoms with Crippen molar-refractivity contribution in [1.82, 2.24) is 0 Å². The molecule has 22 heavy (non-hydrogen) atoms. The first-order valence-electron chi connectivity index (χ1n) is 8.55. The molecule has 0 unspecified atom stereocenters. The number of aliphatic hydroxyl groups is 3. The number of allylic oxidation sites excluding steroid dienone is 1. The topological polar surface area (TPSA) is 79.2 Å². The van der Waals surface area contributed by atoms with Crippen molar-refractivity contribution in [3.63, 3.8) is 0 Å². The third-order valence-corrected chi connectivity index (χ3v) is 3.99. The van der Waals surface area contributed by atoms with Crippen LogP contribution in [-0.2, 0) is 9.47 Å². The molecule has 5 nitrogen and oxygen atoms in total. The summed E-state index contributed by atoms with van der Waals surface area (Å²) < 4.78 is 10.9. The van der Waals surface area contributed by atoms with Gasteiger partial charge in [0, 0.05) is 0 Å². The van der Waals surface area contributed by atoms with Gasteiger partial charge in [0.1, 0.15) is 24.4 Å². The monoisotopic (exact) mass is 316 g/mol. The summed E-state index contributed by atoms with van der Waals surface area (Å²) in [5.41, 5.74) is 0. The van der Waals surface area contributed by atoms with Gasteiger partial charge >= 0.3 is 0 Å². The molecule has 4 atom stereocenters. The highest BCUT2D eigenvalue weighted by atomic mass is 16.6. The Morgan fingerprint density at radius 3 is 2.64 bits per heavy atom. The lowest BCUT2D eigenvalue weighted by atomic mass is 10.1. The molecular weight excluding hydrogens is 284 g/mol. The summed E-state index contributed by atoms with van der Waals surface area (Å²) in [6.45, 7) is 2.58. The van der Waals surface area contributed by atoms with Crippen LogP contribution >= 0.6 is 0 Å². The van der Waals surface area contributed by atoms with Gasteiger partial charge in [-0.15, -0.1) is 0 Å². The average Bonchev–Trinajstić information content (AvgIpc) is 2.89. The number of hydrogen-bond acceptors (Lipinski definition) is 5. The lowest BCUT2D eigenvalue weighted by Gasteiger charge is -2.20. The fraction of sp³-hybridized carbons (Fsp3) is 0.882. The second-order valence-corrected chi connectivity index (χ2v) is 5.91. The van der Waals surface area contributed by atoms with Crippen LogP contribution in [0, 0.1) is 0 Å². The van der Waals surface area contributed by atoms with Gasteiger partial charge in [-0.3, -0.25) is 0 Å². The van der Waals surface area contributed by atoms with Gasteiger partial charge in [-0.1, -0.05) is 44.8 Å². The molecule has 0 saturated carbocycles. The van der Waals surface area contributed by atoms with Gasteiger partial charge in [-0.05, 0) is 19.3 Å². The lowest BCUT2D eigenvalue weighted by molar-refractivity contribution is -0.0726. The highest BCUT2D eigenvalue weighted by Crippen LogP contribution is 2.20. The standard InChI is InChI=1S/C17H32O5/c1-2-3-4-5-6-7-8-9-10-11-21-15-13-22-17(16(15)20)14(19)12-18/h8-9,14-20H,2-7,10-13H2,1H3/b9-8+/t14-,15+,16-,17-/m1/s1. The quantitative estimate of drug-likeness (QED) is 0.378. The predicted octanol–water partition coefficient (Wildman–Crippen LogP) is 1.79. The van der Waals surface area contributed by atoms with Crippen LogP contribution in [0.15, 0.2) is 12.2 Å². The van der Waals surface area contributed by atoms with Gasteiger partial charge in [-0.25, -0.2) is 0 Å². The van der Waals surface area contributed by atoms with Crippen LogP contribution in [0.3, 0.4) is 0 Å². The molecule has 0 aromatic rings. The van der Waals surface area contributed by atoms with Crippen LogP contribution in [0.2, 0.25) is 0 Å². The Balaban J connectivity index is 2.03. The zero-order valence-electron chi connectivity index (χ0n) is 13.7. The Morgan fingerprint density at radius 1 is 1.18 bits per heavy atom. The van der Waals surface area contributed by atoms with Crippen molar-refractivity contribution in [3.8, 4) is 0 Å². The van der Waals surface area contributed by atoms with Gasteiger partial charge < -0.3 is 24.8 Å². The molecule has 0 aromatic heterocycles. The average molecular weight is 316 g/mol. The zero-order chi connectivity index (χ0) is 16.2. The van der Waals surface area contributed by atoms with Crippen LogP contribution in [0.5, 0.6) is 0 Å². The van der Waals surface area contributed by atoms with Crippen molar-refractivity contribution in [2.45, 2.75) is 76.3 Å². The van der Waals surface area contributed by atoms with Gasteiger partial charge in [0.25, 0.3) is 0 Å². The SMILES string of the molecule is CCCCCCC/C=C/CCO[C@H]1CO[C@H]([C@H](O)CO)[C@@H]1O. The Hall–Kier alpha value is -0.460. The second-order valence-electron chi connectivity index (χ2n) is 5.91. The van der Waals surface area contributed by atoms with Gasteiger partial charge in [-0.2, -0.15) is 0 Å². The van der Waals surface area contributed by atoms with E-state index in [0.717, 1.165) is 12.8 Å².